The van der Waals surface area contributed by atoms with Crippen LogP contribution in [-0.2, 0) is 0 Å². The number of hydrogen-bond acceptors (Lipinski definition) is 0. The third-order valence-electron chi connectivity index (χ3n) is 2.98. The molecule has 0 amide bonds. The van der Waals surface area contributed by atoms with Crippen LogP contribution in [0.25, 0.3) is 12.2 Å². The molecular weight excluding hydrogens is 216 g/mol. The largest absolute Gasteiger partial charge is 0.0617 e. The molecule has 0 saturated carbocycles. The van der Waals surface area contributed by atoms with Gasteiger partial charge in [-0.1, -0.05) is 72.9 Å². The average Bonchev–Trinajstić information content (AvgIpc) is 3.05. The summed E-state index contributed by atoms with van der Waals surface area (Å²) in [5.41, 5.74) is 4.98. The number of benzene rings is 1. The van der Waals surface area contributed by atoms with Crippen LogP contribution in [0.5, 0.6) is 0 Å². The molecule has 0 N–H and O–H groups in total. The summed E-state index contributed by atoms with van der Waals surface area (Å²) >= 11 is 0. The standard InChI is InChI=1S/C18H14/c1-2-6-15(5-1)13-17-9-11-18(12-10-17)14-16-7-3-4-8-16/h1-14H. The van der Waals surface area contributed by atoms with Crippen molar-refractivity contribution < 1.29 is 0 Å². The molecule has 2 aliphatic carbocycles. The SMILES string of the molecule is C1=CC(=Cc2ccc(C=C3C=CC=C3)cc2)C=C1. The van der Waals surface area contributed by atoms with Gasteiger partial charge in [0.25, 0.3) is 0 Å². The van der Waals surface area contributed by atoms with Crippen molar-refractivity contribution in [3.63, 3.8) is 0 Å². The molecule has 0 unspecified atom stereocenters. The molecule has 0 heteroatoms. The van der Waals surface area contributed by atoms with Crippen LogP contribution in [0.15, 0.2) is 84.0 Å². The zero-order chi connectivity index (χ0) is 12.2. The molecule has 0 atom stereocenters. The second kappa shape index (κ2) is 4.89. The van der Waals surface area contributed by atoms with Crippen LogP contribution < -0.4 is 0 Å². The molecule has 1 aromatic carbocycles. The summed E-state index contributed by atoms with van der Waals surface area (Å²) in [7, 11) is 0. The van der Waals surface area contributed by atoms with Gasteiger partial charge < -0.3 is 0 Å². The Morgan fingerprint density at radius 3 is 1.17 bits per heavy atom. The van der Waals surface area contributed by atoms with Crippen molar-refractivity contribution in [2.75, 3.05) is 0 Å². The van der Waals surface area contributed by atoms with Gasteiger partial charge in [-0.25, -0.2) is 0 Å². The maximum Gasteiger partial charge on any atom is -0.0250 e. The molecular formula is C18H14. The van der Waals surface area contributed by atoms with Crippen LogP contribution in [0.3, 0.4) is 0 Å². The summed E-state index contributed by atoms with van der Waals surface area (Å²) in [6.07, 6.45) is 21.1. The molecule has 0 bridgehead atoms. The summed E-state index contributed by atoms with van der Waals surface area (Å²) < 4.78 is 0. The quantitative estimate of drug-likeness (QED) is 0.690. The second-order valence-corrected chi connectivity index (χ2v) is 4.39. The van der Waals surface area contributed by atoms with E-state index in [-0.39, 0.29) is 0 Å². The van der Waals surface area contributed by atoms with Gasteiger partial charge in [-0.2, -0.15) is 0 Å². The normalized spacial score (nSPS) is 15.8. The fraction of sp³-hybridized carbons (Fsp3) is 0. The van der Waals surface area contributed by atoms with E-state index in [1.54, 1.807) is 0 Å². The van der Waals surface area contributed by atoms with Crippen LogP contribution >= 0.6 is 0 Å². The molecule has 1 aromatic rings. The Morgan fingerprint density at radius 1 is 0.500 bits per heavy atom. The van der Waals surface area contributed by atoms with Gasteiger partial charge in [0, 0.05) is 0 Å². The van der Waals surface area contributed by atoms with Crippen LogP contribution in [0.4, 0.5) is 0 Å². The van der Waals surface area contributed by atoms with E-state index >= 15 is 0 Å². The maximum atomic E-state index is 2.19. The van der Waals surface area contributed by atoms with E-state index in [1.165, 1.54) is 22.3 Å². The van der Waals surface area contributed by atoms with Gasteiger partial charge in [0.1, 0.15) is 0 Å². The number of rotatable bonds is 2. The van der Waals surface area contributed by atoms with Crippen LogP contribution in [0.2, 0.25) is 0 Å². The molecule has 0 heterocycles. The fourth-order valence-corrected chi connectivity index (χ4v) is 2.04. The monoisotopic (exact) mass is 230 g/mol. The van der Waals surface area contributed by atoms with Crippen molar-refractivity contribution in [2.24, 2.45) is 0 Å². The third-order valence-corrected chi connectivity index (χ3v) is 2.98. The fourth-order valence-electron chi connectivity index (χ4n) is 2.04. The highest BCUT2D eigenvalue weighted by atomic mass is 14.0. The lowest BCUT2D eigenvalue weighted by atomic mass is 10.1. The van der Waals surface area contributed by atoms with Gasteiger partial charge in [0.2, 0.25) is 0 Å². The minimum atomic E-state index is 1.24. The molecule has 86 valence electrons. The van der Waals surface area contributed by atoms with E-state index in [9.17, 15) is 0 Å². The minimum Gasteiger partial charge on any atom is -0.0617 e. The Balaban J connectivity index is 1.81. The average molecular weight is 230 g/mol. The highest BCUT2D eigenvalue weighted by Crippen LogP contribution is 2.17. The molecule has 18 heavy (non-hydrogen) atoms. The van der Waals surface area contributed by atoms with Gasteiger partial charge in [-0.05, 0) is 34.4 Å². The van der Waals surface area contributed by atoms with E-state index in [1.807, 2.05) is 0 Å². The Morgan fingerprint density at radius 2 is 0.833 bits per heavy atom. The zero-order valence-electron chi connectivity index (χ0n) is 10.1. The van der Waals surface area contributed by atoms with Gasteiger partial charge in [0.15, 0.2) is 0 Å². The molecule has 2 aliphatic rings. The summed E-state index contributed by atoms with van der Waals surface area (Å²) in [6, 6.07) is 8.62. The van der Waals surface area contributed by atoms with E-state index < -0.39 is 0 Å². The summed E-state index contributed by atoms with van der Waals surface area (Å²) in [5, 5.41) is 0. The van der Waals surface area contributed by atoms with Gasteiger partial charge in [0.05, 0.1) is 0 Å². The molecule has 0 aromatic heterocycles. The summed E-state index contributed by atoms with van der Waals surface area (Å²) in [5.74, 6) is 0. The summed E-state index contributed by atoms with van der Waals surface area (Å²) in [4.78, 5) is 0. The lowest BCUT2D eigenvalue weighted by Gasteiger charge is -1.98. The van der Waals surface area contributed by atoms with E-state index in [0.717, 1.165) is 0 Å². The highest BCUT2D eigenvalue weighted by Gasteiger charge is 1.95. The first-order valence-electron chi connectivity index (χ1n) is 6.13. The smallest absolute Gasteiger partial charge is 0.0250 e. The first-order chi connectivity index (χ1) is 8.90. The second-order valence-electron chi connectivity index (χ2n) is 4.39. The maximum absolute atomic E-state index is 2.19. The molecule has 0 aliphatic heterocycles. The molecule has 0 saturated heterocycles. The van der Waals surface area contributed by atoms with E-state index in [2.05, 4.69) is 85.0 Å². The van der Waals surface area contributed by atoms with E-state index in [0.29, 0.717) is 0 Å². The molecule has 0 nitrogen and oxygen atoms in total. The van der Waals surface area contributed by atoms with Crippen LogP contribution in [-0.4, -0.2) is 0 Å². The molecule has 0 radical (unpaired) electrons. The molecule has 0 fully saturated rings. The molecule has 3 rings (SSSR count). The van der Waals surface area contributed by atoms with Crippen molar-refractivity contribution in [1.82, 2.24) is 0 Å². The Kier molecular flexibility index (Phi) is 2.93. The summed E-state index contributed by atoms with van der Waals surface area (Å²) in [6.45, 7) is 0. The van der Waals surface area contributed by atoms with Crippen molar-refractivity contribution in [2.45, 2.75) is 0 Å². The number of allylic oxidation sites excluding steroid dienone is 10. The van der Waals surface area contributed by atoms with Gasteiger partial charge >= 0.3 is 0 Å². The van der Waals surface area contributed by atoms with Crippen molar-refractivity contribution in [3.8, 4) is 0 Å². The molecule has 0 spiro atoms. The zero-order valence-corrected chi connectivity index (χ0v) is 10.1. The lowest BCUT2D eigenvalue weighted by Crippen LogP contribution is -1.77. The highest BCUT2D eigenvalue weighted by molar-refractivity contribution is 5.66. The predicted molar refractivity (Wildman–Crippen MR) is 79.0 cm³/mol. The minimum absolute atomic E-state index is 1.24. The van der Waals surface area contributed by atoms with Crippen molar-refractivity contribution >= 4 is 12.2 Å². The Bertz CT molecular complexity index is 530. The van der Waals surface area contributed by atoms with E-state index in [4.69, 9.17) is 0 Å². The third kappa shape index (κ3) is 2.49. The predicted octanol–water partition coefficient (Wildman–Crippen LogP) is 4.71. The van der Waals surface area contributed by atoms with Crippen molar-refractivity contribution in [1.29, 1.82) is 0 Å². The Hall–Kier alpha value is -2.34. The van der Waals surface area contributed by atoms with Crippen LogP contribution in [0.1, 0.15) is 11.1 Å². The first-order valence-corrected chi connectivity index (χ1v) is 6.13. The lowest BCUT2D eigenvalue weighted by molar-refractivity contribution is 1.60. The first kappa shape index (κ1) is 10.8. The number of hydrogen-bond donors (Lipinski definition) is 0. The van der Waals surface area contributed by atoms with Crippen molar-refractivity contribution in [3.05, 3.63) is 95.1 Å². The van der Waals surface area contributed by atoms with Crippen LogP contribution in [0, 0.1) is 0 Å². The Labute approximate surface area is 108 Å². The topological polar surface area (TPSA) is 0 Å². The van der Waals surface area contributed by atoms with Gasteiger partial charge in [-0.3, -0.25) is 0 Å². The van der Waals surface area contributed by atoms with Gasteiger partial charge in [-0.15, -0.1) is 0 Å².